The normalized spacial score (nSPS) is 36.8. The Morgan fingerprint density at radius 3 is 2.33 bits per heavy atom. The van der Waals surface area contributed by atoms with E-state index in [1.165, 1.54) is 32.1 Å². The van der Waals surface area contributed by atoms with E-state index in [-0.39, 0.29) is 6.03 Å². The van der Waals surface area contributed by atoms with Crippen LogP contribution in [0.2, 0.25) is 0 Å². The highest BCUT2D eigenvalue weighted by Gasteiger charge is 2.48. The van der Waals surface area contributed by atoms with Crippen LogP contribution < -0.4 is 10.6 Å². The molecule has 5 rings (SSSR count). The summed E-state index contributed by atoms with van der Waals surface area (Å²) in [6, 6.07) is 2.21. The van der Waals surface area contributed by atoms with Gasteiger partial charge in [-0.1, -0.05) is 0 Å². The number of carbonyl (C=O) groups is 1. The first-order valence-electron chi connectivity index (χ1n) is 8.16. The van der Waals surface area contributed by atoms with E-state index in [1.54, 1.807) is 4.68 Å². The number of carbonyl (C=O) groups excluding carboxylic acids is 1. The fourth-order valence-electron chi connectivity index (χ4n) is 5.19. The molecule has 0 unspecified atom stereocenters. The molecule has 1 aromatic rings. The first-order valence-corrected chi connectivity index (χ1v) is 8.16. The van der Waals surface area contributed by atoms with Crippen LogP contribution in [0.3, 0.4) is 0 Å². The van der Waals surface area contributed by atoms with Crippen molar-refractivity contribution in [2.45, 2.75) is 45.1 Å². The van der Waals surface area contributed by atoms with Crippen molar-refractivity contribution in [2.75, 3.05) is 5.32 Å². The molecule has 1 heterocycles. The number of nitrogens with zero attached hydrogens (tertiary/aromatic N) is 2. The second kappa shape index (κ2) is 4.75. The highest BCUT2D eigenvalue weighted by Crippen LogP contribution is 2.53. The molecule has 5 nitrogen and oxygen atoms in total. The van der Waals surface area contributed by atoms with E-state index >= 15 is 0 Å². The molecule has 0 spiro atoms. The molecule has 1 aromatic heterocycles. The van der Waals surface area contributed by atoms with Gasteiger partial charge in [-0.25, -0.2) is 4.79 Å². The molecule has 4 fully saturated rings. The molecular formula is C16H24N4O. The van der Waals surface area contributed by atoms with E-state index in [0.717, 1.165) is 23.3 Å². The summed E-state index contributed by atoms with van der Waals surface area (Å²) in [6.45, 7) is 1.93. The van der Waals surface area contributed by atoms with Crippen molar-refractivity contribution < 1.29 is 4.79 Å². The number of urea groups is 1. The Bertz CT molecular complexity index is 537. The summed E-state index contributed by atoms with van der Waals surface area (Å²) in [7, 11) is 1.85. The van der Waals surface area contributed by atoms with Crippen LogP contribution in [0.25, 0.3) is 0 Å². The molecule has 4 bridgehead atoms. The summed E-state index contributed by atoms with van der Waals surface area (Å²) in [5.41, 5.74) is 0.919. The molecule has 4 aliphatic rings. The lowest BCUT2D eigenvalue weighted by Crippen LogP contribution is -2.56. The smallest absolute Gasteiger partial charge is 0.320 e. The summed E-state index contributed by atoms with van der Waals surface area (Å²) in [6.07, 6.45) is 6.73. The summed E-state index contributed by atoms with van der Waals surface area (Å²) in [5.74, 6) is 4.05. The van der Waals surface area contributed by atoms with Gasteiger partial charge in [0, 0.05) is 19.2 Å². The lowest BCUT2D eigenvalue weighted by atomic mass is 9.54. The third-order valence-electron chi connectivity index (χ3n) is 5.77. The lowest BCUT2D eigenvalue weighted by Gasteiger charge is -2.54. The van der Waals surface area contributed by atoms with E-state index in [0.29, 0.717) is 17.9 Å². The van der Waals surface area contributed by atoms with E-state index in [1.807, 2.05) is 20.0 Å². The zero-order valence-electron chi connectivity index (χ0n) is 12.8. The monoisotopic (exact) mass is 288 g/mol. The standard InChI is InChI=1S/C16H24N4O/c1-9-3-14(20(2)19-9)17-16(21)18-15-12-5-10-4-11(7-12)8-13(15)6-10/h3,10-13,15H,4-8H2,1-2H3,(H2,17,18,21). The van der Waals surface area contributed by atoms with Crippen molar-refractivity contribution in [3.63, 3.8) is 0 Å². The quantitative estimate of drug-likeness (QED) is 0.879. The SMILES string of the molecule is Cc1cc(NC(=O)NC2C3CC4CC(C3)CC2C4)n(C)n1. The number of amides is 2. The largest absolute Gasteiger partial charge is 0.335 e. The first-order chi connectivity index (χ1) is 10.1. The topological polar surface area (TPSA) is 59.0 Å². The third-order valence-corrected chi connectivity index (χ3v) is 5.77. The minimum absolute atomic E-state index is 0.0736. The van der Waals surface area contributed by atoms with Gasteiger partial charge in [0.15, 0.2) is 0 Å². The second-order valence-corrected chi connectivity index (χ2v) is 7.35. The molecule has 2 N–H and O–H groups in total. The van der Waals surface area contributed by atoms with Crippen molar-refractivity contribution in [3.8, 4) is 0 Å². The summed E-state index contributed by atoms with van der Waals surface area (Å²) in [4.78, 5) is 12.3. The van der Waals surface area contributed by atoms with Gasteiger partial charge in [0.25, 0.3) is 0 Å². The Kier molecular flexibility index (Phi) is 2.98. The number of hydrogen-bond donors (Lipinski definition) is 2. The van der Waals surface area contributed by atoms with Crippen molar-refractivity contribution in [2.24, 2.45) is 30.7 Å². The van der Waals surface area contributed by atoms with Crippen molar-refractivity contribution in [1.82, 2.24) is 15.1 Å². The summed E-state index contributed by atoms with van der Waals surface area (Å²) >= 11 is 0. The Balaban J connectivity index is 1.42. The van der Waals surface area contributed by atoms with Gasteiger partial charge in [0.2, 0.25) is 0 Å². The summed E-state index contributed by atoms with van der Waals surface area (Å²) < 4.78 is 1.71. The minimum Gasteiger partial charge on any atom is -0.335 e. The van der Waals surface area contributed by atoms with Gasteiger partial charge >= 0.3 is 6.03 Å². The maximum atomic E-state index is 12.3. The molecular weight excluding hydrogens is 264 g/mol. The number of nitrogens with one attached hydrogen (secondary N) is 2. The van der Waals surface area contributed by atoms with E-state index < -0.39 is 0 Å². The molecule has 0 atom stereocenters. The third kappa shape index (κ3) is 2.32. The molecule has 0 aromatic carbocycles. The molecule has 114 valence electrons. The predicted molar refractivity (Wildman–Crippen MR) is 80.9 cm³/mol. The van der Waals surface area contributed by atoms with Crippen LogP contribution in [0.15, 0.2) is 6.07 Å². The second-order valence-electron chi connectivity index (χ2n) is 7.35. The summed E-state index contributed by atoms with van der Waals surface area (Å²) in [5, 5.41) is 10.5. The molecule has 0 aliphatic heterocycles. The Morgan fingerprint density at radius 1 is 1.19 bits per heavy atom. The number of rotatable bonds is 2. The van der Waals surface area contributed by atoms with Gasteiger partial charge in [-0.15, -0.1) is 0 Å². The average Bonchev–Trinajstić information content (AvgIpc) is 2.71. The van der Waals surface area contributed by atoms with Crippen LogP contribution in [0.1, 0.15) is 37.8 Å². The van der Waals surface area contributed by atoms with Gasteiger partial charge in [-0.2, -0.15) is 5.10 Å². The molecule has 2 amide bonds. The Hall–Kier alpha value is -1.52. The number of anilines is 1. The van der Waals surface area contributed by atoms with Crippen LogP contribution >= 0.6 is 0 Å². The van der Waals surface area contributed by atoms with Crippen molar-refractivity contribution in [1.29, 1.82) is 0 Å². The maximum Gasteiger partial charge on any atom is 0.320 e. The van der Waals surface area contributed by atoms with Crippen molar-refractivity contribution >= 4 is 11.8 Å². The van der Waals surface area contributed by atoms with Gasteiger partial charge in [-0.3, -0.25) is 10.00 Å². The van der Waals surface area contributed by atoms with E-state index in [9.17, 15) is 4.79 Å². The maximum absolute atomic E-state index is 12.3. The van der Waals surface area contributed by atoms with E-state index in [2.05, 4.69) is 15.7 Å². The Morgan fingerprint density at radius 2 is 1.81 bits per heavy atom. The lowest BCUT2D eigenvalue weighted by molar-refractivity contribution is -0.00884. The van der Waals surface area contributed by atoms with Crippen molar-refractivity contribution in [3.05, 3.63) is 11.8 Å². The van der Waals surface area contributed by atoms with Crippen LogP contribution in [-0.4, -0.2) is 21.9 Å². The van der Waals surface area contributed by atoms with Gasteiger partial charge in [0.1, 0.15) is 5.82 Å². The van der Waals surface area contributed by atoms with Crippen LogP contribution in [0.4, 0.5) is 10.6 Å². The Labute approximate surface area is 125 Å². The van der Waals surface area contributed by atoms with Crippen LogP contribution in [0.5, 0.6) is 0 Å². The molecule has 0 radical (unpaired) electrons. The highest BCUT2D eigenvalue weighted by atomic mass is 16.2. The fourth-order valence-corrected chi connectivity index (χ4v) is 5.19. The molecule has 5 heteroatoms. The predicted octanol–water partition coefficient (Wildman–Crippen LogP) is 2.67. The zero-order chi connectivity index (χ0) is 14.6. The zero-order valence-corrected chi connectivity index (χ0v) is 12.8. The molecule has 4 saturated carbocycles. The van der Waals surface area contributed by atoms with Gasteiger partial charge in [-0.05, 0) is 62.7 Å². The van der Waals surface area contributed by atoms with Crippen LogP contribution in [0, 0.1) is 30.6 Å². The first kappa shape index (κ1) is 13.2. The number of hydrogen-bond acceptors (Lipinski definition) is 2. The average molecular weight is 288 g/mol. The highest BCUT2D eigenvalue weighted by molar-refractivity contribution is 5.88. The number of aryl methyl sites for hydroxylation is 2. The molecule has 4 aliphatic carbocycles. The number of aromatic nitrogens is 2. The molecule has 21 heavy (non-hydrogen) atoms. The van der Waals surface area contributed by atoms with E-state index in [4.69, 9.17) is 0 Å². The fraction of sp³-hybridized carbons (Fsp3) is 0.750. The van der Waals surface area contributed by atoms with Gasteiger partial charge < -0.3 is 5.32 Å². The van der Waals surface area contributed by atoms with Crippen LogP contribution in [-0.2, 0) is 7.05 Å². The molecule has 0 saturated heterocycles. The van der Waals surface area contributed by atoms with Gasteiger partial charge in [0.05, 0.1) is 5.69 Å². The minimum atomic E-state index is -0.0736.